The SMILES string of the molecule is CC12CCC(C(=O)NNc3ccc([N+](=O)[O-])cc3)(c3nc4cc(Cl)c(Cl)cc4nc31)C2(C)C. The minimum atomic E-state index is -0.905. The highest BCUT2D eigenvalue weighted by Gasteiger charge is 2.73. The average molecular weight is 486 g/mol. The number of amides is 1. The van der Waals surface area contributed by atoms with Crippen LogP contribution in [0.2, 0.25) is 10.0 Å². The first kappa shape index (κ1) is 21.9. The van der Waals surface area contributed by atoms with E-state index in [2.05, 4.69) is 31.6 Å². The highest BCUT2D eigenvalue weighted by atomic mass is 35.5. The summed E-state index contributed by atoms with van der Waals surface area (Å²) in [5.41, 5.74) is 7.21. The molecular weight excluding hydrogens is 465 g/mol. The van der Waals surface area contributed by atoms with Gasteiger partial charge in [0.15, 0.2) is 0 Å². The Labute approximate surface area is 199 Å². The minimum absolute atomic E-state index is 0.0243. The zero-order chi connectivity index (χ0) is 23.8. The van der Waals surface area contributed by atoms with E-state index < -0.39 is 15.8 Å². The molecule has 0 aliphatic heterocycles. The van der Waals surface area contributed by atoms with Crippen molar-refractivity contribution in [3.8, 4) is 0 Å². The van der Waals surface area contributed by atoms with Crippen molar-refractivity contribution in [2.24, 2.45) is 5.41 Å². The smallest absolute Gasteiger partial charge is 0.269 e. The molecule has 8 nitrogen and oxygen atoms in total. The molecule has 3 aromatic rings. The molecule has 1 fully saturated rings. The van der Waals surface area contributed by atoms with Gasteiger partial charge >= 0.3 is 0 Å². The molecule has 1 aromatic heterocycles. The summed E-state index contributed by atoms with van der Waals surface area (Å²) in [5, 5.41) is 11.7. The van der Waals surface area contributed by atoms with Gasteiger partial charge in [0, 0.05) is 17.5 Å². The Kier molecular flexibility index (Phi) is 4.64. The van der Waals surface area contributed by atoms with Crippen LogP contribution in [0.5, 0.6) is 0 Å². The highest BCUT2D eigenvalue weighted by molar-refractivity contribution is 6.42. The maximum absolute atomic E-state index is 13.8. The summed E-state index contributed by atoms with van der Waals surface area (Å²) in [6, 6.07) is 9.22. The maximum Gasteiger partial charge on any atom is 0.269 e. The van der Waals surface area contributed by atoms with E-state index in [-0.39, 0.29) is 17.0 Å². The van der Waals surface area contributed by atoms with Crippen LogP contribution in [0, 0.1) is 15.5 Å². The molecular formula is C23H21Cl2N5O3. The van der Waals surface area contributed by atoms with Crippen molar-refractivity contribution < 1.29 is 9.72 Å². The lowest BCUT2D eigenvalue weighted by atomic mass is 9.63. The molecule has 10 heteroatoms. The average Bonchev–Trinajstić information content (AvgIpc) is 3.07. The molecule has 0 saturated heterocycles. The molecule has 2 aromatic carbocycles. The van der Waals surface area contributed by atoms with Gasteiger partial charge in [0.2, 0.25) is 0 Å². The Morgan fingerprint density at radius 2 is 1.58 bits per heavy atom. The number of carbonyl (C=O) groups excluding carboxylic acids is 1. The number of nitrogens with zero attached hydrogens (tertiary/aromatic N) is 3. The van der Waals surface area contributed by atoms with E-state index in [9.17, 15) is 14.9 Å². The van der Waals surface area contributed by atoms with E-state index >= 15 is 0 Å². The monoisotopic (exact) mass is 485 g/mol. The third-order valence-corrected chi connectivity index (χ3v) is 8.59. The number of hydrogen-bond donors (Lipinski definition) is 2. The lowest BCUT2D eigenvalue weighted by Gasteiger charge is -2.39. The van der Waals surface area contributed by atoms with Crippen LogP contribution in [0.15, 0.2) is 36.4 Å². The lowest BCUT2D eigenvalue weighted by molar-refractivity contribution is -0.384. The largest absolute Gasteiger partial charge is 0.299 e. The molecule has 170 valence electrons. The van der Waals surface area contributed by atoms with Gasteiger partial charge in [0.1, 0.15) is 5.41 Å². The molecule has 1 heterocycles. The van der Waals surface area contributed by atoms with Crippen molar-refractivity contribution >= 4 is 51.5 Å². The third-order valence-electron chi connectivity index (χ3n) is 7.87. The predicted molar refractivity (Wildman–Crippen MR) is 126 cm³/mol. The topological polar surface area (TPSA) is 110 Å². The normalized spacial score (nSPS) is 24.5. The molecule has 2 aliphatic rings. The van der Waals surface area contributed by atoms with Gasteiger partial charge in [-0.1, -0.05) is 44.0 Å². The molecule has 2 bridgehead atoms. The van der Waals surface area contributed by atoms with Crippen LogP contribution in [0.4, 0.5) is 11.4 Å². The highest BCUT2D eigenvalue weighted by Crippen LogP contribution is 2.70. The second-order valence-corrected chi connectivity index (χ2v) is 10.2. The summed E-state index contributed by atoms with van der Waals surface area (Å²) in [7, 11) is 0. The van der Waals surface area contributed by atoms with E-state index in [1.54, 1.807) is 24.3 Å². The van der Waals surface area contributed by atoms with Crippen LogP contribution in [-0.2, 0) is 15.6 Å². The molecule has 2 aliphatic carbocycles. The van der Waals surface area contributed by atoms with Crippen LogP contribution in [0.25, 0.3) is 11.0 Å². The Balaban J connectivity index is 1.55. The Bertz CT molecular complexity index is 1340. The van der Waals surface area contributed by atoms with E-state index in [1.165, 1.54) is 12.1 Å². The quantitative estimate of drug-likeness (QED) is 0.382. The Hall–Kier alpha value is -2.97. The molecule has 33 heavy (non-hydrogen) atoms. The number of rotatable bonds is 4. The molecule has 2 N–H and O–H groups in total. The summed E-state index contributed by atoms with van der Waals surface area (Å²) < 4.78 is 0. The van der Waals surface area contributed by atoms with Gasteiger partial charge in [-0.2, -0.15) is 0 Å². The summed E-state index contributed by atoms with van der Waals surface area (Å²) in [5.74, 6) is -0.220. The number of anilines is 1. The van der Waals surface area contributed by atoms with Gasteiger partial charge < -0.3 is 0 Å². The van der Waals surface area contributed by atoms with Crippen molar-refractivity contribution in [2.45, 2.75) is 44.4 Å². The van der Waals surface area contributed by atoms with Crippen molar-refractivity contribution in [3.05, 3.63) is 67.9 Å². The Morgan fingerprint density at radius 1 is 1.00 bits per heavy atom. The number of nitrogens with one attached hydrogen (secondary N) is 2. The molecule has 1 saturated carbocycles. The summed E-state index contributed by atoms with van der Waals surface area (Å²) >= 11 is 12.4. The molecule has 2 atom stereocenters. The zero-order valence-electron chi connectivity index (χ0n) is 18.2. The van der Waals surface area contributed by atoms with Crippen molar-refractivity contribution in [1.82, 2.24) is 15.4 Å². The van der Waals surface area contributed by atoms with E-state index in [1.807, 2.05) is 0 Å². The van der Waals surface area contributed by atoms with Crippen molar-refractivity contribution in [2.75, 3.05) is 5.43 Å². The molecule has 5 rings (SSSR count). The predicted octanol–water partition coefficient (Wildman–Crippen LogP) is 5.32. The number of halogens is 2. The van der Waals surface area contributed by atoms with Crippen molar-refractivity contribution in [3.63, 3.8) is 0 Å². The third kappa shape index (κ3) is 2.80. The maximum atomic E-state index is 13.8. The van der Waals surface area contributed by atoms with Gasteiger partial charge in [-0.3, -0.25) is 25.8 Å². The minimum Gasteiger partial charge on any atom is -0.299 e. The number of nitro benzene ring substituents is 1. The second kappa shape index (κ2) is 7.01. The first-order chi connectivity index (χ1) is 15.5. The van der Waals surface area contributed by atoms with Gasteiger partial charge in [-0.25, -0.2) is 9.97 Å². The Morgan fingerprint density at radius 3 is 2.15 bits per heavy atom. The van der Waals surface area contributed by atoms with Gasteiger partial charge in [0.25, 0.3) is 11.6 Å². The standard InChI is InChI=1S/C23H21Cl2N5O3/c1-21(2)22(3)8-9-23(21,20(31)29-28-12-4-6-13(7-5-12)30(32)33)19-18(22)26-16-10-14(24)15(25)11-17(16)27-19/h4-7,10-11,28H,8-9H2,1-3H3,(H,29,31). The molecule has 0 radical (unpaired) electrons. The summed E-state index contributed by atoms with van der Waals surface area (Å²) in [4.78, 5) is 34.0. The number of non-ortho nitro benzene ring substituents is 1. The van der Waals surface area contributed by atoms with Crippen LogP contribution in [-0.4, -0.2) is 20.8 Å². The van der Waals surface area contributed by atoms with Crippen LogP contribution in [0.1, 0.15) is 45.0 Å². The van der Waals surface area contributed by atoms with Crippen molar-refractivity contribution in [1.29, 1.82) is 0 Å². The fourth-order valence-corrected chi connectivity index (χ4v) is 5.82. The number of fused-ring (bicyclic) bond motifs is 6. The summed E-state index contributed by atoms with van der Waals surface area (Å²) in [6.45, 7) is 6.30. The fourth-order valence-electron chi connectivity index (χ4n) is 5.50. The van der Waals surface area contributed by atoms with Crippen LogP contribution < -0.4 is 10.9 Å². The number of aromatic nitrogens is 2. The number of hydrogen-bond acceptors (Lipinski definition) is 6. The van der Waals surface area contributed by atoms with Gasteiger partial charge in [0.05, 0.1) is 43.1 Å². The number of carbonyl (C=O) groups is 1. The zero-order valence-corrected chi connectivity index (χ0v) is 19.7. The first-order valence-corrected chi connectivity index (χ1v) is 11.3. The number of benzene rings is 2. The fraction of sp³-hybridized carbons (Fsp3) is 0.348. The molecule has 0 spiro atoms. The van der Waals surface area contributed by atoms with E-state index in [0.29, 0.717) is 38.9 Å². The number of nitro groups is 1. The van der Waals surface area contributed by atoms with E-state index in [4.69, 9.17) is 33.2 Å². The lowest BCUT2D eigenvalue weighted by Crippen LogP contribution is -2.52. The van der Waals surface area contributed by atoms with Gasteiger partial charge in [-0.05, 0) is 42.5 Å². The van der Waals surface area contributed by atoms with Gasteiger partial charge in [-0.15, -0.1) is 0 Å². The number of hydrazine groups is 1. The molecule has 2 unspecified atom stereocenters. The van der Waals surface area contributed by atoms with E-state index in [0.717, 1.165) is 12.1 Å². The van der Waals surface area contributed by atoms with Crippen LogP contribution in [0.3, 0.4) is 0 Å². The first-order valence-electron chi connectivity index (χ1n) is 10.5. The molecule has 1 amide bonds. The second-order valence-electron chi connectivity index (χ2n) is 9.42. The van der Waals surface area contributed by atoms with Crippen LogP contribution >= 0.6 is 23.2 Å². The summed E-state index contributed by atoms with van der Waals surface area (Å²) in [6.07, 6.45) is 1.41.